The van der Waals surface area contributed by atoms with Gasteiger partial charge in [-0.2, -0.15) is 18.4 Å². The van der Waals surface area contributed by atoms with Crippen LogP contribution in [-0.4, -0.2) is 22.9 Å². The highest BCUT2D eigenvalue weighted by Crippen LogP contribution is 2.21. The van der Waals surface area contributed by atoms with Crippen LogP contribution in [0.3, 0.4) is 0 Å². The second-order valence-electron chi connectivity index (χ2n) is 2.16. The van der Waals surface area contributed by atoms with Crippen molar-refractivity contribution in [3.8, 4) is 0 Å². The molecule has 0 atom stereocenters. The fourth-order valence-electron chi connectivity index (χ4n) is 0.769. The van der Waals surface area contributed by atoms with Gasteiger partial charge in [-0.1, -0.05) is 0 Å². The van der Waals surface area contributed by atoms with Gasteiger partial charge in [-0.15, -0.1) is 0 Å². The van der Waals surface area contributed by atoms with E-state index in [0.29, 0.717) is 0 Å². The van der Waals surface area contributed by atoms with Crippen molar-refractivity contribution >= 4 is 27.7 Å². The van der Waals surface area contributed by atoms with Crippen molar-refractivity contribution in [1.82, 2.24) is 9.97 Å². The van der Waals surface area contributed by atoms with Crippen molar-refractivity contribution in [3.05, 3.63) is 0 Å². The lowest BCUT2D eigenvalue weighted by Crippen LogP contribution is -2.12. The Hall–Kier alpha value is -1.61. The zero-order chi connectivity index (χ0) is 10.2. The Morgan fingerprint density at radius 1 is 1.08 bits per heavy atom. The number of rotatable bonds is 1. The number of aromatic nitrogens is 2. The third-order valence-electron chi connectivity index (χ3n) is 1.19. The van der Waals surface area contributed by atoms with Crippen LogP contribution in [0.2, 0.25) is 0 Å². The van der Waals surface area contributed by atoms with Crippen molar-refractivity contribution in [1.29, 1.82) is 0 Å². The molecule has 0 radical (unpaired) electrons. The molecule has 0 unspecified atom stereocenters. The molecule has 1 aromatic heterocycles. The largest absolute Gasteiger partial charge is 0.382 e. The SMILES string of the molecule is Nc1nc(N)c(S(=O)(=O)O)c(N)n1. The van der Waals surface area contributed by atoms with E-state index in [-0.39, 0.29) is 5.95 Å². The van der Waals surface area contributed by atoms with E-state index >= 15 is 0 Å². The van der Waals surface area contributed by atoms with Gasteiger partial charge < -0.3 is 17.2 Å². The molecule has 0 spiro atoms. The van der Waals surface area contributed by atoms with Gasteiger partial charge in [0.2, 0.25) is 5.95 Å². The molecule has 0 aliphatic heterocycles. The van der Waals surface area contributed by atoms with Crippen LogP contribution in [0.5, 0.6) is 0 Å². The van der Waals surface area contributed by atoms with Gasteiger partial charge in [-0.25, -0.2) is 0 Å². The molecule has 0 fully saturated rings. The van der Waals surface area contributed by atoms with Crippen molar-refractivity contribution in [3.63, 3.8) is 0 Å². The minimum atomic E-state index is -4.51. The van der Waals surface area contributed by atoms with E-state index in [1.165, 1.54) is 0 Å². The topological polar surface area (TPSA) is 158 Å². The molecule has 0 aliphatic rings. The Kier molecular flexibility index (Phi) is 1.97. The lowest BCUT2D eigenvalue weighted by atomic mass is 10.5. The standard InChI is InChI=1S/C4H7N5O3S/c5-2-1(13(10,11)12)3(6)9-4(7)8-2/h(H,10,11,12)(H6,5,6,7,8,9). The van der Waals surface area contributed by atoms with Crippen LogP contribution in [0.25, 0.3) is 0 Å². The first-order chi connectivity index (χ1) is 5.82. The molecular weight excluding hydrogens is 198 g/mol. The van der Waals surface area contributed by atoms with Crippen LogP contribution in [0, 0.1) is 0 Å². The van der Waals surface area contributed by atoms with Crippen molar-refractivity contribution in [2.75, 3.05) is 17.2 Å². The number of nitrogen functional groups attached to an aromatic ring is 3. The molecule has 7 N–H and O–H groups in total. The Morgan fingerprint density at radius 2 is 1.46 bits per heavy atom. The number of nitrogens with two attached hydrogens (primary N) is 3. The molecule has 0 saturated heterocycles. The predicted molar refractivity (Wildman–Crippen MR) is 45.1 cm³/mol. The summed E-state index contributed by atoms with van der Waals surface area (Å²) in [5, 5.41) is 0. The second-order valence-corrected chi connectivity index (χ2v) is 3.51. The normalized spacial score (nSPS) is 11.5. The molecule has 72 valence electrons. The van der Waals surface area contributed by atoms with Crippen LogP contribution < -0.4 is 17.2 Å². The van der Waals surface area contributed by atoms with Gasteiger partial charge >= 0.3 is 10.1 Å². The fraction of sp³-hybridized carbons (Fsp3) is 0. The van der Waals surface area contributed by atoms with Gasteiger partial charge in [0.25, 0.3) is 0 Å². The molecule has 0 aliphatic carbocycles. The Bertz CT molecular complexity index is 418. The van der Waals surface area contributed by atoms with Crippen molar-refractivity contribution in [2.24, 2.45) is 0 Å². The summed E-state index contributed by atoms with van der Waals surface area (Å²) >= 11 is 0. The van der Waals surface area contributed by atoms with E-state index in [2.05, 4.69) is 9.97 Å². The maximum atomic E-state index is 10.7. The summed E-state index contributed by atoms with van der Waals surface area (Å²) in [6.45, 7) is 0. The van der Waals surface area contributed by atoms with Gasteiger partial charge in [-0.3, -0.25) is 4.55 Å². The summed E-state index contributed by atoms with van der Waals surface area (Å²) in [5.41, 5.74) is 15.4. The van der Waals surface area contributed by atoms with Crippen molar-refractivity contribution in [2.45, 2.75) is 4.90 Å². The average molecular weight is 205 g/mol. The minimum Gasteiger partial charge on any atom is -0.382 e. The van der Waals surface area contributed by atoms with Gasteiger partial charge in [-0.05, 0) is 0 Å². The number of hydrogen-bond acceptors (Lipinski definition) is 7. The van der Waals surface area contributed by atoms with E-state index < -0.39 is 26.6 Å². The maximum Gasteiger partial charge on any atom is 0.301 e. The van der Waals surface area contributed by atoms with Gasteiger partial charge in [0.1, 0.15) is 0 Å². The predicted octanol–water partition coefficient (Wildman–Crippen LogP) is -1.53. The number of anilines is 3. The van der Waals surface area contributed by atoms with Crippen LogP contribution >= 0.6 is 0 Å². The summed E-state index contributed by atoms with van der Waals surface area (Å²) in [6, 6.07) is 0. The third-order valence-corrected chi connectivity index (χ3v) is 2.13. The Balaban J connectivity index is 3.57. The molecule has 8 nitrogen and oxygen atoms in total. The molecular formula is C4H7N5O3S. The monoisotopic (exact) mass is 205 g/mol. The van der Waals surface area contributed by atoms with Crippen LogP contribution in [-0.2, 0) is 10.1 Å². The zero-order valence-electron chi connectivity index (χ0n) is 6.30. The molecule has 1 heterocycles. The highest BCUT2D eigenvalue weighted by molar-refractivity contribution is 7.86. The fourth-order valence-corrected chi connectivity index (χ4v) is 1.39. The quantitative estimate of drug-likeness (QED) is 0.402. The molecule has 0 bridgehead atoms. The minimum absolute atomic E-state index is 0.262. The zero-order valence-corrected chi connectivity index (χ0v) is 7.11. The van der Waals surface area contributed by atoms with Crippen LogP contribution in [0.1, 0.15) is 0 Å². The van der Waals surface area contributed by atoms with Gasteiger partial charge in [0.15, 0.2) is 16.5 Å². The highest BCUT2D eigenvalue weighted by atomic mass is 32.2. The van der Waals surface area contributed by atoms with Crippen LogP contribution in [0.4, 0.5) is 17.6 Å². The molecule has 0 amide bonds. The highest BCUT2D eigenvalue weighted by Gasteiger charge is 2.20. The molecule has 0 saturated carbocycles. The Morgan fingerprint density at radius 3 is 1.77 bits per heavy atom. The molecule has 0 aromatic carbocycles. The second kappa shape index (κ2) is 2.71. The smallest absolute Gasteiger partial charge is 0.301 e. The Labute approximate surface area is 73.5 Å². The first kappa shape index (κ1) is 9.48. The summed E-state index contributed by atoms with van der Waals surface area (Å²) in [6.07, 6.45) is 0. The van der Waals surface area contributed by atoms with Gasteiger partial charge in [0.05, 0.1) is 0 Å². The lowest BCUT2D eigenvalue weighted by molar-refractivity contribution is 0.483. The average Bonchev–Trinajstić information content (AvgIpc) is 1.78. The number of nitrogens with zero attached hydrogens (tertiary/aromatic N) is 2. The van der Waals surface area contributed by atoms with E-state index in [0.717, 1.165) is 0 Å². The summed E-state index contributed by atoms with van der Waals surface area (Å²) < 4.78 is 30.0. The maximum absolute atomic E-state index is 10.7. The summed E-state index contributed by atoms with van der Waals surface area (Å²) in [5.74, 6) is -1.22. The summed E-state index contributed by atoms with van der Waals surface area (Å²) in [4.78, 5) is 5.93. The molecule has 13 heavy (non-hydrogen) atoms. The number of hydrogen-bond donors (Lipinski definition) is 4. The molecule has 1 aromatic rings. The summed E-state index contributed by atoms with van der Waals surface area (Å²) in [7, 11) is -4.51. The molecule has 9 heteroatoms. The lowest BCUT2D eigenvalue weighted by Gasteiger charge is -2.04. The van der Waals surface area contributed by atoms with Gasteiger partial charge in [0, 0.05) is 0 Å². The van der Waals surface area contributed by atoms with E-state index in [1.807, 2.05) is 0 Å². The first-order valence-electron chi connectivity index (χ1n) is 2.98. The van der Waals surface area contributed by atoms with E-state index in [9.17, 15) is 8.42 Å². The van der Waals surface area contributed by atoms with Crippen molar-refractivity contribution < 1.29 is 13.0 Å². The van der Waals surface area contributed by atoms with E-state index in [1.54, 1.807) is 0 Å². The molecule has 1 rings (SSSR count). The van der Waals surface area contributed by atoms with Crippen LogP contribution in [0.15, 0.2) is 4.90 Å². The van der Waals surface area contributed by atoms with E-state index in [4.69, 9.17) is 21.8 Å². The first-order valence-corrected chi connectivity index (χ1v) is 4.42. The third kappa shape index (κ3) is 1.76.